The third-order valence-electron chi connectivity index (χ3n) is 14.2. The van der Waals surface area contributed by atoms with Gasteiger partial charge in [0.1, 0.15) is 13.2 Å². The van der Waals surface area contributed by atoms with Gasteiger partial charge in [-0.2, -0.15) is 0 Å². The molecule has 1 unspecified atom stereocenters. The number of carbonyl (C=O) groups excluding carboxylic acids is 3. The molecule has 0 spiro atoms. The first-order chi connectivity index (χ1) is 37.0. The summed E-state index contributed by atoms with van der Waals surface area (Å²) in [5, 5.41) is 0. The summed E-state index contributed by atoms with van der Waals surface area (Å²) in [5.41, 5.74) is 0. The van der Waals surface area contributed by atoms with Crippen LogP contribution in [0.4, 0.5) is 0 Å². The fourth-order valence-electron chi connectivity index (χ4n) is 9.35. The Labute approximate surface area is 465 Å². The van der Waals surface area contributed by atoms with Crippen LogP contribution in [0.3, 0.4) is 0 Å². The summed E-state index contributed by atoms with van der Waals surface area (Å²) < 4.78 is 16.8. The normalized spacial score (nSPS) is 12.5. The lowest BCUT2D eigenvalue weighted by molar-refractivity contribution is -0.167. The van der Waals surface area contributed by atoms with Crippen molar-refractivity contribution >= 4 is 17.9 Å². The van der Waals surface area contributed by atoms with E-state index in [1.54, 1.807) is 0 Å². The Morgan fingerprint density at radius 2 is 0.520 bits per heavy atom. The lowest BCUT2D eigenvalue weighted by atomic mass is 10.0. The monoisotopic (exact) mass is 1050 g/mol. The molecule has 434 valence electrons. The molecule has 0 aromatic rings. The Morgan fingerprint density at radius 3 is 0.840 bits per heavy atom. The summed E-state index contributed by atoms with van der Waals surface area (Å²) in [6.45, 7) is 6.49. The molecule has 0 bridgehead atoms. The maximum atomic E-state index is 12.8. The minimum absolute atomic E-state index is 0.0739. The predicted octanol–water partition coefficient (Wildman–Crippen LogP) is 22.1. The van der Waals surface area contributed by atoms with Crippen molar-refractivity contribution in [2.24, 2.45) is 0 Å². The summed E-state index contributed by atoms with van der Waals surface area (Å²) >= 11 is 0. The smallest absolute Gasteiger partial charge is 0.306 e. The molecular weight excluding hydrogens is 925 g/mol. The number of hydrogen-bond acceptors (Lipinski definition) is 6. The van der Waals surface area contributed by atoms with Gasteiger partial charge in [0.15, 0.2) is 6.10 Å². The second-order valence-electron chi connectivity index (χ2n) is 21.6. The number of esters is 3. The van der Waals surface area contributed by atoms with Gasteiger partial charge < -0.3 is 14.2 Å². The number of unbranched alkanes of at least 4 members (excludes halogenated alkanes) is 36. The lowest BCUT2D eigenvalue weighted by Crippen LogP contribution is -2.30. The maximum absolute atomic E-state index is 12.8. The third-order valence-corrected chi connectivity index (χ3v) is 14.2. The fraction of sp³-hybridized carbons (Fsp3) is 0.783. The van der Waals surface area contributed by atoms with E-state index >= 15 is 0 Å². The fourth-order valence-corrected chi connectivity index (χ4v) is 9.35. The van der Waals surface area contributed by atoms with Gasteiger partial charge in [-0.3, -0.25) is 14.4 Å². The Kier molecular flexibility index (Phi) is 60.7. The van der Waals surface area contributed by atoms with Gasteiger partial charge in [0.25, 0.3) is 0 Å². The quantitative estimate of drug-likeness (QED) is 0.0261. The molecule has 6 nitrogen and oxygen atoms in total. The van der Waals surface area contributed by atoms with E-state index in [1.807, 2.05) is 0 Å². The highest BCUT2D eigenvalue weighted by Gasteiger charge is 2.19. The van der Waals surface area contributed by atoms with Crippen LogP contribution in [0, 0.1) is 0 Å². The van der Waals surface area contributed by atoms with E-state index in [-0.39, 0.29) is 31.1 Å². The van der Waals surface area contributed by atoms with Crippen LogP contribution in [0.5, 0.6) is 0 Å². The Morgan fingerprint density at radius 1 is 0.280 bits per heavy atom. The zero-order valence-electron chi connectivity index (χ0n) is 49.8. The van der Waals surface area contributed by atoms with Crippen LogP contribution in [0.25, 0.3) is 0 Å². The summed E-state index contributed by atoms with van der Waals surface area (Å²) in [4.78, 5) is 38.0. The molecule has 0 saturated carbocycles. The Balaban J connectivity index is 4.00. The third kappa shape index (κ3) is 61.6. The molecule has 0 radical (unpaired) electrons. The largest absolute Gasteiger partial charge is 0.462 e. The average molecular weight is 1050 g/mol. The van der Waals surface area contributed by atoms with E-state index in [0.29, 0.717) is 19.3 Å². The van der Waals surface area contributed by atoms with E-state index in [0.717, 1.165) is 96.3 Å². The van der Waals surface area contributed by atoms with E-state index in [1.165, 1.54) is 193 Å². The van der Waals surface area contributed by atoms with Crippen molar-refractivity contribution in [2.45, 2.75) is 335 Å². The van der Waals surface area contributed by atoms with Crippen molar-refractivity contribution in [1.29, 1.82) is 0 Å². The van der Waals surface area contributed by atoms with Gasteiger partial charge in [-0.05, 0) is 89.9 Å². The Hall–Kier alpha value is -3.15. The maximum Gasteiger partial charge on any atom is 0.306 e. The van der Waals surface area contributed by atoms with E-state index in [9.17, 15) is 14.4 Å². The van der Waals surface area contributed by atoms with E-state index in [4.69, 9.17) is 14.2 Å². The van der Waals surface area contributed by atoms with Gasteiger partial charge in [0.05, 0.1) is 0 Å². The molecule has 1 atom stereocenters. The molecular formula is C69H122O6. The second-order valence-corrected chi connectivity index (χ2v) is 21.6. The first kappa shape index (κ1) is 71.8. The molecule has 0 heterocycles. The second kappa shape index (κ2) is 63.4. The van der Waals surface area contributed by atoms with Crippen molar-refractivity contribution < 1.29 is 28.6 Å². The van der Waals surface area contributed by atoms with Crippen LogP contribution < -0.4 is 0 Å². The van der Waals surface area contributed by atoms with Gasteiger partial charge in [-0.1, -0.05) is 293 Å². The minimum atomic E-state index is -0.774. The van der Waals surface area contributed by atoms with Gasteiger partial charge >= 0.3 is 17.9 Å². The standard InChI is InChI=1S/C69H122O6/c1-4-7-10-13-16-18-20-22-24-26-27-28-29-30-31-32-33-34-35-36-37-38-39-40-41-43-44-46-48-50-53-56-59-62-68(71)74-65-66(64-73-67(70)61-58-55-52-15-12-9-6-3)75-69(72)63-60-57-54-51-49-47-45-42-25-23-21-19-17-14-11-8-5-2/h7,10,16-19,22-25,27-28,66H,4-6,8-9,11-15,20-21,26,29-65H2,1-3H3/b10-7-,18-16-,19-17-,24-22-,25-23-,28-27-. The molecule has 6 heteroatoms. The number of allylic oxidation sites excluding steroid dienone is 12. The number of ether oxygens (including phenoxy) is 3. The molecule has 0 aliphatic heterocycles. The molecule has 0 saturated heterocycles. The van der Waals surface area contributed by atoms with Gasteiger partial charge in [-0.25, -0.2) is 0 Å². The molecule has 0 rings (SSSR count). The molecule has 0 amide bonds. The van der Waals surface area contributed by atoms with E-state index < -0.39 is 6.10 Å². The van der Waals surface area contributed by atoms with E-state index in [2.05, 4.69) is 93.7 Å². The number of carbonyl (C=O) groups is 3. The number of rotatable bonds is 59. The molecule has 0 aliphatic carbocycles. The molecule has 0 aromatic carbocycles. The highest BCUT2D eigenvalue weighted by atomic mass is 16.6. The molecule has 75 heavy (non-hydrogen) atoms. The highest BCUT2D eigenvalue weighted by molar-refractivity contribution is 5.71. The van der Waals surface area contributed by atoms with Gasteiger partial charge in [0, 0.05) is 19.3 Å². The average Bonchev–Trinajstić information content (AvgIpc) is 3.41. The van der Waals surface area contributed by atoms with Crippen molar-refractivity contribution in [3.05, 3.63) is 72.9 Å². The predicted molar refractivity (Wildman–Crippen MR) is 325 cm³/mol. The SMILES string of the molecule is CC/C=C\C/C=C\C/C=C\C/C=C\CCCCCCCCCCCCCCCCCCCCCCC(=O)OCC(COC(=O)CCCCCCCCC)OC(=O)CCCCCCCCC/C=C\C/C=C\CCCCC. The topological polar surface area (TPSA) is 78.9 Å². The van der Waals surface area contributed by atoms with Gasteiger partial charge in [0.2, 0.25) is 0 Å². The van der Waals surface area contributed by atoms with Crippen molar-refractivity contribution in [3.8, 4) is 0 Å². The highest BCUT2D eigenvalue weighted by Crippen LogP contribution is 2.17. The molecule has 0 N–H and O–H groups in total. The minimum Gasteiger partial charge on any atom is -0.462 e. The zero-order chi connectivity index (χ0) is 54.3. The Bertz CT molecular complexity index is 1390. The van der Waals surface area contributed by atoms with Crippen molar-refractivity contribution in [3.63, 3.8) is 0 Å². The first-order valence-electron chi connectivity index (χ1n) is 32.4. The van der Waals surface area contributed by atoms with Crippen LogP contribution in [-0.4, -0.2) is 37.2 Å². The van der Waals surface area contributed by atoms with Crippen molar-refractivity contribution in [2.75, 3.05) is 13.2 Å². The summed E-state index contributed by atoms with van der Waals surface area (Å²) in [5.74, 6) is -0.873. The number of hydrogen-bond donors (Lipinski definition) is 0. The zero-order valence-corrected chi connectivity index (χ0v) is 49.8. The van der Waals surface area contributed by atoms with Crippen LogP contribution in [0.2, 0.25) is 0 Å². The summed E-state index contributed by atoms with van der Waals surface area (Å²) in [6.07, 6.45) is 82.4. The molecule has 0 aromatic heterocycles. The van der Waals surface area contributed by atoms with Crippen molar-refractivity contribution in [1.82, 2.24) is 0 Å². The van der Waals surface area contributed by atoms with Gasteiger partial charge in [-0.15, -0.1) is 0 Å². The lowest BCUT2D eigenvalue weighted by Gasteiger charge is -2.18. The summed E-state index contributed by atoms with van der Waals surface area (Å²) in [7, 11) is 0. The van der Waals surface area contributed by atoms with Crippen LogP contribution >= 0.6 is 0 Å². The summed E-state index contributed by atoms with van der Waals surface area (Å²) in [6, 6.07) is 0. The van der Waals surface area contributed by atoms with Crippen LogP contribution in [0.1, 0.15) is 329 Å². The van der Waals surface area contributed by atoms with Crippen LogP contribution in [-0.2, 0) is 28.6 Å². The molecule has 0 fully saturated rings. The molecule has 0 aliphatic rings. The first-order valence-corrected chi connectivity index (χ1v) is 32.4. The van der Waals surface area contributed by atoms with Crippen LogP contribution in [0.15, 0.2) is 72.9 Å².